The minimum atomic E-state index is -0.516. The summed E-state index contributed by atoms with van der Waals surface area (Å²) >= 11 is 0. The van der Waals surface area contributed by atoms with Gasteiger partial charge in [0.05, 0.1) is 4.92 Å². The Morgan fingerprint density at radius 3 is 2.90 bits per heavy atom. The lowest BCUT2D eigenvalue weighted by atomic mass is 10.1. The number of nitro benzene ring substituents is 1. The van der Waals surface area contributed by atoms with E-state index >= 15 is 0 Å². The number of hydrogen-bond acceptors (Lipinski definition) is 3. The van der Waals surface area contributed by atoms with Crippen molar-refractivity contribution in [3.63, 3.8) is 0 Å². The summed E-state index contributed by atoms with van der Waals surface area (Å²) in [6, 6.07) is 5.68. The molecule has 0 radical (unpaired) electrons. The summed E-state index contributed by atoms with van der Waals surface area (Å²) < 4.78 is 0. The maximum Gasteiger partial charge on any atom is 0.270 e. The number of nitrogens with one attached hydrogen (secondary N) is 1. The number of amides is 1. The Morgan fingerprint density at radius 1 is 1.38 bits per heavy atom. The molecule has 1 aromatic carbocycles. The molecule has 0 atom stereocenters. The van der Waals surface area contributed by atoms with Gasteiger partial charge in [0.2, 0.25) is 0 Å². The topological polar surface area (TPSA) is 72.2 Å². The number of carbonyl (C=O) groups is 1. The zero-order valence-electron chi connectivity index (χ0n) is 11.7. The molecule has 21 heavy (non-hydrogen) atoms. The highest BCUT2D eigenvalue weighted by atomic mass is 16.6. The van der Waals surface area contributed by atoms with Crippen molar-refractivity contribution in [3.8, 4) is 0 Å². The molecular formula is C16H16N2O3. The number of benzene rings is 1. The van der Waals surface area contributed by atoms with Crippen molar-refractivity contribution >= 4 is 11.6 Å². The molecule has 2 rings (SSSR count). The molecule has 0 bridgehead atoms. The van der Waals surface area contributed by atoms with E-state index in [1.165, 1.54) is 23.8 Å². The zero-order valence-corrected chi connectivity index (χ0v) is 11.7. The second-order valence-electron chi connectivity index (χ2n) is 4.67. The smallest absolute Gasteiger partial charge is 0.270 e. The highest BCUT2D eigenvalue weighted by Crippen LogP contribution is 2.15. The standard InChI is InChI=1S/C16H16N2O3/c1-2-12-5-3-7-14(10-9-12)17-16(19)13-6-4-8-15(11-13)18(20)21/h3-4,6-11H,2,5H2,1H3,(H,17,19). The van der Waals surface area contributed by atoms with Crippen LogP contribution < -0.4 is 5.32 Å². The molecule has 0 heterocycles. The van der Waals surface area contributed by atoms with Gasteiger partial charge in [0, 0.05) is 23.4 Å². The summed E-state index contributed by atoms with van der Waals surface area (Å²) in [6.45, 7) is 2.08. The van der Waals surface area contributed by atoms with Gasteiger partial charge in [-0.05, 0) is 31.1 Å². The number of allylic oxidation sites excluding steroid dienone is 5. The lowest BCUT2D eigenvalue weighted by molar-refractivity contribution is -0.384. The average molecular weight is 284 g/mol. The fourth-order valence-electron chi connectivity index (χ4n) is 1.98. The van der Waals surface area contributed by atoms with Crippen molar-refractivity contribution < 1.29 is 9.72 Å². The number of non-ortho nitro benzene ring substituents is 1. The maximum absolute atomic E-state index is 12.1. The summed E-state index contributed by atoms with van der Waals surface area (Å²) in [7, 11) is 0. The Kier molecular flexibility index (Phi) is 4.66. The first kappa shape index (κ1) is 14.7. The number of hydrogen-bond donors (Lipinski definition) is 1. The van der Waals surface area contributed by atoms with Crippen LogP contribution in [0.3, 0.4) is 0 Å². The van der Waals surface area contributed by atoms with Crippen molar-refractivity contribution in [1.29, 1.82) is 0 Å². The molecule has 1 aliphatic carbocycles. The first-order chi connectivity index (χ1) is 10.1. The van der Waals surface area contributed by atoms with Crippen LogP contribution in [0.1, 0.15) is 30.1 Å². The highest BCUT2D eigenvalue weighted by Gasteiger charge is 2.12. The van der Waals surface area contributed by atoms with E-state index in [-0.39, 0.29) is 17.2 Å². The average Bonchev–Trinajstić information content (AvgIpc) is 2.72. The first-order valence-corrected chi connectivity index (χ1v) is 6.72. The minimum Gasteiger partial charge on any atom is -0.322 e. The quantitative estimate of drug-likeness (QED) is 0.679. The van der Waals surface area contributed by atoms with Crippen LogP contribution in [-0.2, 0) is 0 Å². The number of carbonyl (C=O) groups excluding carboxylic acids is 1. The van der Waals surface area contributed by atoms with Gasteiger partial charge < -0.3 is 5.32 Å². The maximum atomic E-state index is 12.1. The van der Waals surface area contributed by atoms with Crippen LogP contribution in [0.15, 0.2) is 59.8 Å². The first-order valence-electron chi connectivity index (χ1n) is 6.72. The lowest BCUT2D eigenvalue weighted by Crippen LogP contribution is -2.21. The molecule has 0 unspecified atom stereocenters. The Labute approximate surface area is 122 Å². The van der Waals surface area contributed by atoms with Crippen LogP contribution in [0.5, 0.6) is 0 Å². The predicted octanol–water partition coefficient (Wildman–Crippen LogP) is 3.50. The molecule has 1 amide bonds. The summed E-state index contributed by atoms with van der Waals surface area (Å²) in [5.41, 5.74) is 2.13. The van der Waals surface area contributed by atoms with Gasteiger partial charge in [-0.1, -0.05) is 30.7 Å². The minimum absolute atomic E-state index is 0.0961. The third-order valence-corrected chi connectivity index (χ3v) is 3.21. The molecule has 5 nitrogen and oxygen atoms in total. The molecule has 0 aromatic heterocycles. The zero-order chi connectivity index (χ0) is 15.2. The molecular weight excluding hydrogens is 268 g/mol. The monoisotopic (exact) mass is 284 g/mol. The Morgan fingerprint density at radius 2 is 2.19 bits per heavy atom. The SMILES string of the molecule is CCC1=CC=C(NC(=O)c2cccc([N+](=O)[O-])c2)C=CC1. The Hall–Kier alpha value is -2.69. The third-order valence-electron chi connectivity index (χ3n) is 3.21. The molecule has 0 saturated carbocycles. The number of nitrogens with zero attached hydrogens (tertiary/aromatic N) is 1. The van der Waals surface area contributed by atoms with Gasteiger partial charge in [0.1, 0.15) is 0 Å². The van der Waals surface area contributed by atoms with Crippen molar-refractivity contribution in [1.82, 2.24) is 5.32 Å². The molecule has 0 aliphatic heterocycles. The van der Waals surface area contributed by atoms with Gasteiger partial charge in [0.15, 0.2) is 0 Å². The second kappa shape index (κ2) is 6.65. The van der Waals surface area contributed by atoms with E-state index in [1.807, 2.05) is 24.3 Å². The van der Waals surface area contributed by atoms with Crippen molar-refractivity contribution in [2.45, 2.75) is 19.8 Å². The third kappa shape index (κ3) is 3.89. The number of nitro groups is 1. The molecule has 0 fully saturated rings. The highest BCUT2D eigenvalue weighted by molar-refractivity contribution is 5.96. The van der Waals surface area contributed by atoms with Gasteiger partial charge in [0.25, 0.3) is 11.6 Å². The molecule has 0 saturated heterocycles. The van der Waals surface area contributed by atoms with Crippen LogP contribution in [0.2, 0.25) is 0 Å². The van der Waals surface area contributed by atoms with Gasteiger partial charge in [-0.3, -0.25) is 14.9 Å². The van der Waals surface area contributed by atoms with E-state index in [9.17, 15) is 14.9 Å². The molecule has 0 spiro atoms. The van der Waals surface area contributed by atoms with E-state index in [0.717, 1.165) is 12.8 Å². The molecule has 108 valence electrons. The van der Waals surface area contributed by atoms with Gasteiger partial charge in [-0.25, -0.2) is 0 Å². The van der Waals surface area contributed by atoms with Crippen LogP contribution in [-0.4, -0.2) is 10.8 Å². The van der Waals surface area contributed by atoms with Crippen LogP contribution in [0, 0.1) is 10.1 Å². The second-order valence-corrected chi connectivity index (χ2v) is 4.67. The van der Waals surface area contributed by atoms with Crippen molar-refractivity contribution in [2.24, 2.45) is 0 Å². The molecule has 5 heteroatoms. The van der Waals surface area contributed by atoms with Gasteiger partial charge in [-0.2, -0.15) is 0 Å². The van der Waals surface area contributed by atoms with E-state index < -0.39 is 4.92 Å². The van der Waals surface area contributed by atoms with E-state index in [1.54, 1.807) is 6.07 Å². The Balaban J connectivity index is 2.15. The van der Waals surface area contributed by atoms with E-state index in [2.05, 4.69) is 12.2 Å². The fourth-order valence-corrected chi connectivity index (χ4v) is 1.98. The summed E-state index contributed by atoms with van der Waals surface area (Å²) in [5, 5.41) is 13.5. The summed E-state index contributed by atoms with van der Waals surface area (Å²) in [5.74, 6) is -0.358. The fraction of sp³-hybridized carbons (Fsp3) is 0.188. The van der Waals surface area contributed by atoms with Crippen molar-refractivity contribution in [2.75, 3.05) is 0 Å². The van der Waals surface area contributed by atoms with Crippen molar-refractivity contribution in [3.05, 3.63) is 75.5 Å². The van der Waals surface area contributed by atoms with Crippen LogP contribution >= 0.6 is 0 Å². The molecule has 1 aromatic rings. The lowest BCUT2D eigenvalue weighted by Gasteiger charge is -2.05. The predicted molar refractivity (Wildman–Crippen MR) is 80.8 cm³/mol. The van der Waals surface area contributed by atoms with Gasteiger partial charge in [-0.15, -0.1) is 0 Å². The molecule has 1 aliphatic rings. The summed E-state index contributed by atoms with van der Waals surface area (Å²) in [6.07, 6.45) is 9.49. The number of rotatable bonds is 4. The Bertz CT molecular complexity index is 657. The van der Waals surface area contributed by atoms with E-state index in [0.29, 0.717) is 5.70 Å². The van der Waals surface area contributed by atoms with E-state index in [4.69, 9.17) is 0 Å². The van der Waals surface area contributed by atoms with Gasteiger partial charge >= 0.3 is 0 Å². The van der Waals surface area contributed by atoms with Crippen LogP contribution in [0.25, 0.3) is 0 Å². The van der Waals surface area contributed by atoms with Crippen LogP contribution in [0.4, 0.5) is 5.69 Å². The largest absolute Gasteiger partial charge is 0.322 e. The summed E-state index contributed by atoms with van der Waals surface area (Å²) in [4.78, 5) is 22.3. The normalized spacial score (nSPS) is 14.0. The molecule has 1 N–H and O–H groups in total.